The van der Waals surface area contributed by atoms with Crippen molar-refractivity contribution in [3.8, 4) is 5.75 Å². The first-order valence-corrected chi connectivity index (χ1v) is 9.67. The second-order valence-electron chi connectivity index (χ2n) is 6.33. The number of hydrogen-bond acceptors (Lipinski definition) is 6. The Morgan fingerprint density at radius 1 is 1.27 bits per heavy atom. The van der Waals surface area contributed by atoms with Gasteiger partial charge in [-0.2, -0.15) is 0 Å². The molecule has 138 valence electrons. The maximum absolute atomic E-state index is 12.2. The van der Waals surface area contributed by atoms with E-state index in [4.69, 9.17) is 9.47 Å². The standard InChI is InChI=1S/C19H22N2O4S/c1-13(18(22)21-15-4-2-3-5-15)25-19(23)14-6-8-17(9-7-14)24-10-16-11-26-12-20-16/h6-9,11-13,15H,2-5,10H2,1H3,(H,21,22). The lowest BCUT2D eigenvalue weighted by Crippen LogP contribution is -2.40. The Bertz CT molecular complexity index is 725. The van der Waals surface area contributed by atoms with E-state index < -0.39 is 12.1 Å². The number of carbonyl (C=O) groups excluding carboxylic acids is 2. The van der Waals surface area contributed by atoms with Crippen LogP contribution in [0.5, 0.6) is 5.75 Å². The van der Waals surface area contributed by atoms with Gasteiger partial charge in [0.25, 0.3) is 5.91 Å². The van der Waals surface area contributed by atoms with Crippen LogP contribution in [0.3, 0.4) is 0 Å². The van der Waals surface area contributed by atoms with E-state index in [2.05, 4.69) is 10.3 Å². The molecule has 1 heterocycles. The average Bonchev–Trinajstić information content (AvgIpc) is 3.34. The van der Waals surface area contributed by atoms with Gasteiger partial charge in [0.1, 0.15) is 12.4 Å². The Balaban J connectivity index is 1.48. The summed E-state index contributed by atoms with van der Waals surface area (Å²) in [6.45, 7) is 1.97. The van der Waals surface area contributed by atoms with Crippen LogP contribution in [0.4, 0.5) is 0 Å². The van der Waals surface area contributed by atoms with Crippen LogP contribution in [0.25, 0.3) is 0 Å². The van der Waals surface area contributed by atoms with Gasteiger partial charge in [0.2, 0.25) is 0 Å². The molecule has 1 aliphatic carbocycles. The smallest absolute Gasteiger partial charge is 0.338 e. The highest BCUT2D eigenvalue weighted by Crippen LogP contribution is 2.18. The van der Waals surface area contributed by atoms with Crippen LogP contribution in [0.1, 0.15) is 48.7 Å². The molecule has 26 heavy (non-hydrogen) atoms. The number of rotatable bonds is 7. The van der Waals surface area contributed by atoms with E-state index in [-0.39, 0.29) is 11.9 Å². The van der Waals surface area contributed by atoms with Crippen molar-refractivity contribution in [3.05, 3.63) is 46.4 Å². The minimum absolute atomic E-state index is 0.206. The number of nitrogens with one attached hydrogen (secondary N) is 1. The fraction of sp³-hybridized carbons (Fsp3) is 0.421. The topological polar surface area (TPSA) is 77.5 Å². The Morgan fingerprint density at radius 2 is 2.00 bits per heavy atom. The van der Waals surface area contributed by atoms with Gasteiger partial charge in [0.05, 0.1) is 16.8 Å². The molecule has 1 unspecified atom stereocenters. The molecule has 1 aromatic carbocycles. The number of benzene rings is 1. The van der Waals surface area contributed by atoms with E-state index >= 15 is 0 Å². The minimum atomic E-state index is -0.816. The molecule has 0 saturated heterocycles. The van der Waals surface area contributed by atoms with Crippen molar-refractivity contribution in [3.63, 3.8) is 0 Å². The zero-order valence-corrected chi connectivity index (χ0v) is 15.5. The fourth-order valence-electron chi connectivity index (χ4n) is 2.82. The SMILES string of the molecule is CC(OC(=O)c1ccc(OCc2cscn2)cc1)C(=O)NC1CCCC1. The molecule has 0 bridgehead atoms. The average molecular weight is 374 g/mol. The Labute approximate surface area is 156 Å². The highest BCUT2D eigenvalue weighted by molar-refractivity contribution is 7.07. The normalized spacial score (nSPS) is 15.4. The predicted octanol–water partition coefficient (Wildman–Crippen LogP) is 3.33. The number of nitrogens with zero attached hydrogens (tertiary/aromatic N) is 1. The summed E-state index contributed by atoms with van der Waals surface area (Å²) in [6, 6.07) is 6.86. The number of esters is 1. The maximum atomic E-state index is 12.2. The Morgan fingerprint density at radius 3 is 2.65 bits per heavy atom. The van der Waals surface area contributed by atoms with E-state index in [1.54, 1.807) is 36.7 Å². The lowest BCUT2D eigenvalue weighted by Gasteiger charge is -2.17. The van der Waals surface area contributed by atoms with Crippen molar-refractivity contribution in [2.24, 2.45) is 0 Å². The summed E-state index contributed by atoms with van der Waals surface area (Å²) >= 11 is 1.51. The third kappa shape index (κ3) is 5.05. The number of carbonyl (C=O) groups is 2. The van der Waals surface area contributed by atoms with Crippen molar-refractivity contribution in [2.75, 3.05) is 0 Å². The van der Waals surface area contributed by atoms with E-state index in [0.717, 1.165) is 31.4 Å². The molecule has 6 nitrogen and oxygen atoms in total. The van der Waals surface area contributed by atoms with Crippen molar-refractivity contribution in [2.45, 2.75) is 51.4 Å². The van der Waals surface area contributed by atoms with E-state index in [0.29, 0.717) is 17.9 Å². The van der Waals surface area contributed by atoms with Crippen molar-refractivity contribution >= 4 is 23.2 Å². The highest BCUT2D eigenvalue weighted by Gasteiger charge is 2.23. The van der Waals surface area contributed by atoms with Gasteiger partial charge in [0.15, 0.2) is 6.10 Å². The van der Waals surface area contributed by atoms with Gasteiger partial charge in [-0.3, -0.25) is 4.79 Å². The van der Waals surface area contributed by atoms with Crippen LogP contribution in [0.15, 0.2) is 35.2 Å². The van der Waals surface area contributed by atoms with Gasteiger partial charge in [-0.05, 0) is 44.0 Å². The summed E-state index contributed by atoms with van der Waals surface area (Å²) in [6.07, 6.45) is 3.44. The molecule has 1 saturated carbocycles. The molecule has 7 heteroatoms. The molecule has 2 aromatic rings. The Kier molecular flexibility index (Phi) is 6.22. The summed E-state index contributed by atoms with van der Waals surface area (Å²) in [5.74, 6) is -0.125. The maximum Gasteiger partial charge on any atom is 0.338 e. The summed E-state index contributed by atoms with van der Waals surface area (Å²) in [5, 5.41) is 4.85. The van der Waals surface area contributed by atoms with Gasteiger partial charge < -0.3 is 14.8 Å². The number of hydrogen-bond donors (Lipinski definition) is 1. The van der Waals surface area contributed by atoms with Crippen LogP contribution in [0, 0.1) is 0 Å². The molecule has 1 N–H and O–H groups in total. The summed E-state index contributed by atoms with van der Waals surface area (Å²) in [5.41, 5.74) is 2.99. The third-order valence-corrected chi connectivity index (χ3v) is 4.95. The molecular formula is C19H22N2O4S. The zero-order valence-electron chi connectivity index (χ0n) is 14.6. The van der Waals surface area contributed by atoms with Crippen molar-refractivity contribution in [1.82, 2.24) is 10.3 Å². The number of amides is 1. The third-order valence-electron chi connectivity index (χ3n) is 4.31. The fourth-order valence-corrected chi connectivity index (χ4v) is 3.37. The first-order valence-electron chi connectivity index (χ1n) is 8.73. The molecule has 3 rings (SSSR count). The van der Waals surface area contributed by atoms with Crippen LogP contribution >= 0.6 is 11.3 Å². The summed E-state index contributed by atoms with van der Waals surface area (Å²) in [4.78, 5) is 28.4. The molecule has 0 spiro atoms. The first-order chi connectivity index (χ1) is 12.6. The zero-order chi connectivity index (χ0) is 18.4. The monoisotopic (exact) mass is 374 g/mol. The Hall–Kier alpha value is -2.41. The molecule has 1 fully saturated rings. The molecule has 1 atom stereocenters. The molecule has 1 aliphatic rings. The minimum Gasteiger partial charge on any atom is -0.487 e. The van der Waals surface area contributed by atoms with Crippen molar-refractivity contribution in [1.29, 1.82) is 0 Å². The van der Waals surface area contributed by atoms with Gasteiger partial charge in [-0.15, -0.1) is 11.3 Å². The van der Waals surface area contributed by atoms with Crippen molar-refractivity contribution < 1.29 is 19.1 Å². The largest absolute Gasteiger partial charge is 0.487 e. The number of thiazole rings is 1. The van der Waals surface area contributed by atoms with Crippen LogP contribution in [-0.2, 0) is 16.1 Å². The second-order valence-corrected chi connectivity index (χ2v) is 7.05. The molecular weight excluding hydrogens is 352 g/mol. The molecule has 0 radical (unpaired) electrons. The van der Waals surface area contributed by atoms with E-state index in [9.17, 15) is 9.59 Å². The second kappa shape index (κ2) is 8.80. The van der Waals surface area contributed by atoms with E-state index in [1.165, 1.54) is 11.3 Å². The summed E-state index contributed by atoms with van der Waals surface area (Å²) in [7, 11) is 0. The lowest BCUT2D eigenvalue weighted by atomic mass is 10.2. The lowest BCUT2D eigenvalue weighted by molar-refractivity contribution is -0.129. The van der Waals surface area contributed by atoms with Crippen LogP contribution in [-0.4, -0.2) is 29.0 Å². The quantitative estimate of drug-likeness (QED) is 0.752. The van der Waals surface area contributed by atoms with E-state index in [1.807, 2.05) is 5.38 Å². The van der Waals surface area contributed by atoms with Crippen LogP contribution < -0.4 is 10.1 Å². The first kappa shape index (κ1) is 18.4. The number of ether oxygens (including phenoxy) is 2. The van der Waals surface area contributed by atoms with Gasteiger partial charge >= 0.3 is 5.97 Å². The molecule has 0 aliphatic heterocycles. The summed E-state index contributed by atoms with van der Waals surface area (Å²) < 4.78 is 10.9. The van der Waals surface area contributed by atoms with Gasteiger partial charge in [-0.25, -0.2) is 9.78 Å². The highest BCUT2D eigenvalue weighted by atomic mass is 32.1. The molecule has 1 amide bonds. The molecule has 1 aromatic heterocycles. The van der Waals surface area contributed by atoms with Gasteiger partial charge in [-0.1, -0.05) is 12.8 Å². The predicted molar refractivity (Wildman–Crippen MR) is 98.2 cm³/mol. The number of aromatic nitrogens is 1. The van der Waals surface area contributed by atoms with Gasteiger partial charge in [0, 0.05) is 11.4 Å². The van der Waals surface area contributed by atoms with Crippen LogP contribution in [0.2, 0.25) is 0 Å².